The van der Waals surface area contributed by atoms with Gasteiger partial charge in [-0.3, -0.25) is 0 Å². The Bertz CT molecular complexity index is 3830. The Labute approximate surface area is 447 Å². The monoisotopic (exact) mass is 969 g/mol. The topological polar surface area (TPSA) is 3.24 Å². The van der Waals surface area contributed by atoms with Gasteiger partial charge in [0.1, 0.15) is 0 Å². The van der Waals surface area contributed by atoms with Gasteiger partial charge >= 0.3 is 0 Å². The van der Waals surface area contributed by atoms with E-state index in [2.05, 4.69) is 296 Å². The van der Waals surface area contributed by atoms with Gasteiger partial charge in [0.05, 0.1) is 5.41 Å². The summed E-state index contributed by atoms with van der Waals surface area (Å²) in [7, 11) is 0. The molecule has 1 heteroatoms. The largest absolute Gasteiger partial charge is 0.310 e. The highest BCUT2D eigenvalue weighted by atomic mass is 15.1. The van der Waals surface area contributed by atoms with Crippen molar-refractivity contribution in [3.63, 3.8) is 0 Å². The van der Waals surface area contributed by atoms with Crippen LogP contribution in [0.25, 0.3) is 61.2 Å². The summed E-state index contributed by atoms with van der Waals surface area (Å²) in [4.78, 5) is 2.44. The number of fused-ring (bicyclic) bond motifs is 10. The summed E-state index contributed by atoms with van der Waals surface area (Å²) < 4.78 is 0. The number of anilines is 3. The number of allylic oxidation sites excluding steroid dienone is 4. The van der Waals surface area contributed by atoms with Crippen LogP contribution in [-0.4, -0.2) is 0 Å². The number of benzene rings is 11. The zero-order valence-electron chi connectivity index (χ0n) is 42.4. The molecule has 0 saturated heterocycles. The molecule has 11 aromatic carbocycles. The Morgan fingerprint density at radius 1 is 0.316 bits per heavy atom. The van der Waals surface area contributed by atoms with Crippen LogP contribution in [0.2, 0.25) is 0 Å². The van der Waals surface area contributed by atoms with E-state index < -0.39 is 5.41 Å². The van der Waals surface area contributed by atoms with E-state index in [1.54, 1.807) is 0 Å². The van der Waals surface area contributed by atoms with Crippen molar-refractivity contribution >= 4 is 22.6 Å². The lowest BCUT2D eigenvalue weighted by Gasteiger charge is -2.31. The molecule has 1 unspecified atom stereocenters. The molecule has 11 aromatic rings. The molecule has 360 valence electrons. The van der Waals surface area contributed by atoms with E-state index in [0.717, 1.165) is 36.3 Å². The summed E-state index contributed by atoms with van der Waals surface area (Å²) in [5, 5.41) is 0. The Kier molecular flexibility index (Phi) is 11.4. The van der Waals surface area contributed by atoms with Crippen LogP contribution in [-0.2, 0) is 11.8 Å². The SMILES string of the molecule is C1=C(c2ccccc2)CCC(C(Cc2ccc(-c3ccccc3)cc2)c2ccc3c(c2)-c2cc(N(c4ccc(-c5ccccc5)cc4)c4ccc(-c5ccccc5)cc4)ccc2C32c3ccccc3-c3ccccc32)=C1. The molecule has 3 aliphatic rings. The minimum Gasteiger partial charge on any atom is -0.310 e. The Hall–Kier alpha value is -9.30. The summed E-state index contributed by atoms with van der Waals surface area (Å²) in [6.45, 7) is 0. The third-order valence-corrected chi connectivity index (χ3v) is 16.5. The van der Waals surface area contributed by atoms with Gasteiger partial charge in [0.25, 0.3) is 0 Å². The van der Waals surface area contributed by atoms with E-state index in [9.17, 15) is 0 Å². The van der Waals surface area contributed by atoms with E-state index in [4.69, 9.17) is 0 Å². The molecule has 0 saturated carbocycles. The molecule has 0 radical (unpaired) electrons. The van der Waals surface area contributed by atoms with Crippen LogP contribution in [0.3, 0.4) is 0 Å². The first kappa shape index (κ1) is 45.3. The highest BCUT2D eigenvalue weighted by molar-refractivity contribution is 5.97. The fraction of sp³-hybridized carbons (Fsp3) is 0.0667. The molecule has 0 fully saturated rings. The molecule has 76 heavy (non-hydrogen) atoms. The molecule has 3 aliphatic carbocycles. The van der Waals surface area contributed by atoms with Gasteiger partial charge in [0, 0.05) is 23.0 Å². The van der Waals surface area contributed by atoms with Crippen LogP contribution in [0, 0.1) is 0 Å². The number of hydrogen-bond donors (Lipinski definition) is 0. The number of hydrogen-bond acceptors (Lipinski definition) is 1. The van der Waals surface area contributed by atoms with Crippen molar-refractivity contribution in [2.24, 2.45) is 0 Å². The summed E-state index contributed by atoms with van der Waals surface area (Å²) in [6, 6.07) is 104. The third kappa shape index (κ3) is 7.87. The maximum atomic E-state index is 2.59. The summed E-state index contributed by atoms with van der Waals surface area (Å²) in [6.07, 6.45) is 7.77. The molecule has 0 heterocycles. The normalized spacial score (nSPS) is 13.9. The van der Waals surface area contributed by atoms with Crippen molar-refractivity contribution < 1.29 is 0 Å². The van der Waals surface area contributed by atoms with Gasteiger partial charge in [0.2, 0.25) is 0 Å². The van der Waals surface area contributed by atoms with Crippen LogP contribution in [0.15, 0.2) is 297 Å². The second-order valence-electron chi connectivity index (χ2n) is 20.7. The second-order valence-corrected chi connectivity index (χ2v) is 20.7. The average molecular weight is 970 g/mol. The standard InChI is InChI=1S/C75H55N/c1-5-17-53(18-6-1)57-31-29-52(30-32-57)49-68(61-35-33-58(34-36-61)54-19-7-2-8-20-54)62-41-47-73-69(50-62)70-51-65(46-48-74(70)75(73)71-27-15-13-25-66(71)67-26-14-16-28-72(67)75)76(63-42-37-59(38-43-63)55-21-9-3-10-22-55)64-44-39-60(40-45-64)56-23-11-4-12-24-56/h1-33,35,37-48,50-51,68H,34,36,49H2. The fourth-order valence-corrected chi connectivity index (χ4v) is 12.8. The lowest BCUT2D eigenvalue weighted by Crippen LogP contribution is -2.26. The van der Waals surface area contributed by atoms with Crippen LogP contribution >= 0.6 is 0 Å². The molecular formula is C75H55N. The first-order chi connectivity index (χ1) is 37.7. The van der Waals surface area contributed by atoms with Crippen molar-refractivity contribution in [1.82, 2.24) is 0 Å². The van der Waals surface area contributed by atoms with Crippen LogP contribution in [0.1, 0.15) is 57.7 Å². The second kappa shape index (κ2) is 19.2. The van der Waals surface area contributed by atoms with Crippen molar-refractivity contribution in [3.8, 4) is 55.6 Å². The predicted octanol–water partition coefficient (Wildman–Crippen LogP) is 19.6. The highest BCUT2D eigenvalue weighted by Crippen LogP contribution is 2.63. The Morgan fingerprint density at radius 2 is 0.724 bits per heavy atom. The molecule has 0 bridgehead atoms. The van der Waals surface area contributed by atoms with Gasteiger partial charge in [-0.25, -0.2) is 0 Å². The molecule has 0 aliphatic heterocycles. The third-order valence-electron chi connectivity index (χ3n) is 16.5. The van der Waals surface area contributed by atoms with E-state index in [0.29, 0.717) is 0 Å². The minimum absolute atomic E-state index is 0.176. The van der Waals surface area contributed by atoms with Gasteiger partial charge in [-0.05, 0) is 156 Å². The smallest absolute Gasteiger partial charge is 0.0725 e. The summed E-state index contributed by atoms with van der Waals surface area (Å²) in [5.74, 6) is 0.176. The van der Waals surface area contributed by atoms with E-state index in [1.165, 1.54) is 106 Å². The predicted molar refractivity (Wildman–Crippen MR) is 318 cm³/mol. The minimum atomic E-state index is -0.478. The number of nitrogens with zero attached hydrogens (tertiary/aromatic N) is 1. The first-order valence-corrected chi connectivity index (χ1v) is 26.9. The van der Waals surface area contributed by atoms with Crippen molar-refractivity contribution in [2.75, 3.05) is 4.90 Å². The zero-order valence-corrected chi connectivity index (χ0v) is 42.4. The average Bonchev–Trinajstić information content (AvgIpc) is 4.21. The molecule has 1 atom stereocenters. The summed E-state index contributed by atoms with van der Waals surface area (Å²) >= 11 is 0. The van der Waals surface area contributed by atoms with E-state index in [-0.39, 0.29) is 5.92 Å². The maximum Gasteiger partial charge on any atom is 0.0725 e. The lowest BCUT2D eigenvalue weighted by molar-refractivity contribution is 0.732. The highest BCUT2D eigenvalue weighted by Gasteiger charge is 2.52. The maximum absolute atomic E-state index is 2.59. The quantitative estimate of drug-likeness (QED) is 0.125. The van der Waals surface area contributed by atoms with Crippen molar-refractivity contribution in [2.45, 2.75) is 30.6 Å². The number of rotatable bonds is 11. The Balaban J connectivity index is 0.947. The summed E-state index contributed by atoms with van der Waals surface area (Å²) in [5.41, 5.74) is 27.6. The van der Waals surface area contributed by atoms with Crippen LogP contribution in [0.5, 0.6) is 0 Å². The molecule has 14 rings (SSSR count). The van der Waals surface area contributed by atoms with Crippen molar-refractivity contribution in [1.29, 1.82) is 0 Å². The van der Waals surface area contributed by atoms with Crippen LogP contribution < -0.4 is 4.90 Å². The van der Waals surface area contributed by atoms with Crippen molar-refractivity contribution in [3.05, 3.63) is 336 Å². The Morgan fingerprint density at radius 3 is 1.22 bits per heavy atom. The lowest BCUT2D eigenvalue weighted by atomic mass is 9.70. The first-order valence-electron chi connectivity index (χ1n) is 26.9. The van der Waals surface area contributed by atoms with E-state index >= 15 is 0 Å². The molecule has 1 nitrogen and oxygen atoms in total. The van der Waals surface area contributed by atoms with Gasteiger partial charge in [0.15, 0.2) is 0 Å². The molecule has 0 N–H and O–H groups in total. The molecule has 1 spiro atoms. The molecule has 0 aromatic heterocycles. The fourth-order valence-electron chi connectivity index (χ4n) is 12.8. The van der Waals surface area contributed by atoms with Gasteiger partial charge in [-0.15, -0.1) is 0 Å². The van der Waals surface area contributed by atoms with Crippen LogP contribution in [0.4, 0.5) is 17.1 Å². The van der Waals surface area contributed by atoms with Gasteiger partial charge in [-0.2, -0.15) is 0 Å². The van der Waals surface area contributed by atoms with Gasteiger partial charge < -0.3 is 4.90 Å². The van der Waals surface area contributed by atoms with Gasteiger partial charge in [-0.1, -0.05) is 260 Å². The molecule has 0 amide bonds. The molecular weight excluding hydrogens is 915 g/mol. The zero-order chi connectivity index (χ0) is 50.4. The van der Waals surface area contributed by atoms with E-state index in [1.807, 2.05) is 0 Å².